The third-order valence-electron chi connectivity index (χ3n) is 6.21. The topological polar surface area (TPSA) is 39.7 Å². The standard InChI is InChI=1S/C25H33NO3.ClH/c1-18-4-7-20(8-5-18)22(21-11-13-29-25(2,3)15-21)10-12-26-16-19-6-9-23-24(14-19)28-17-27-23;/h4-9,14,21-22,26H,10-13,15-17H2,1-3H3;1H. The van der Waals surface area contributed by atoms with E-state index in [1.54, 1.807) is 0 Å². The SMILES string of the molecule is Cc1ccc(C(CCNCc2ccc3c(c2)OCO3)C2CCOC(C)(C)C2)cc1.Cl. The Labute approximate surface area is 186 Å². The predicted octanol–water partition coefficient (Wildman–Crippen LogP) is 5.61. The highest BCUT2D eigenvalue weighted by Crippen LogP contribution is 2.40. The number of nitrogens with one attached hydrogen (secondary N) is 1. The van der Waals surface area contributed by atoms with E-state index in [0.717, 1.165) is 50.5 Å². The molecule has 0 aromatic heterocycles. The smallest absolute Gasteiger partial charge is 0.231 e. The van der Waals surface area contributed by atoms with Crippen LogP contribution in [0.15, 0.2) is 42.5 Å². The van der Waals surface area contributed by atoms with Crippen LogP contribution in [0, 0.1) is 12.8 Å². The molecule has 0 aliphatic carbocycles. The third kappa shape index (κ3) is 5.69. The Hall–Kier alpha value is -1.75. The minimum absolute atomic E-state index is 0. The van der Waals surface area contributed by atoms with Gasteiger partial charge in [-0.3, -0.25) is 0 Å². The van der Waals surface area contributed by atoms with Crippen LogP contribution in [0.1, 0.15) is 55.7 Å². The minimum Gasteiger partial charge on any atom is -0.454 e. The van der Waals surface area contributed by atoms with Crippen LogP contribution in [-0.2, 0) is 11.3 Å². The van der Waals surface area contributed by atoms with E-state index in [-0.39, 0.29) is 18.0 Å². The Morgan fingerprint density at radius 2 is 1.83 bits per heavy atom. The van der Waals surface area contributed by atoms with E-state index >= 15 is 0 Å². The number of fused-ring (bicyclic) bond motifs is 1. The molecule has 0 spiro atoms. The van der Waals surface area contributed by atoms with E-state index in [4.69, 9.17) is 14.2 Å². The maximum absolute atomic E-state index is 5.98. The number of ether oxygens (including phenoxy) is 3. The van der Waals surface area contributed by atoms with Crippen molar-refractivity contribution in [2.24, 2.45) is 5.92 Å². The largest absolute Gasteiger partial charge is 0.454 e. The number of hydrogen-bond acceptors (Lipinski definition) is 4. The van der Waals surface area contributed by atoms with Crippen molar-refractivity contribution in [2.75, 3.05) is 19.9 Å². The lowest BCUT2D eigenvalue weighted by Gasteiger charge is -2.39. The molecule has 0 bridgehead atoms. The third-order valence-corrected chi connectivity index (χ3v) is 6.21. The Bertz CT molecular complexity index is 822. The quantitative estimate of drug-likeness (QED) is 0.578. The second kappa shape index (κ2) is 10.0. The van der Waals surface area contributed by atoms with Crippen molar-refractivity contribution in [1.82, 2.24) is 5.32 Å². The van der Waals surface area contributed by atoms with Crippen LogP contribution in [0.4, 0.5) is 0 Å². The summed E-state index contributed by atoms with van der Waals surface area (Å²) in [5.41, 5.74) is 3.99. The highest BCUT2D eigenvalue weighted by molar-refractivity contribution is 5.85. The first-order chi connectivity index (χ1) is 14.0. The van der Waals surface area contributed by atoms with Gasteiger partial charge in [0.25, 0.3) is 0 Å². The van der Waals surface area contributed by atoms with Gasteiger partial charge in [0.2, 0.25) is 6.79 Å². The summed E-state index contributed by atoms with van der Waals surface area (Å²) in [4.78, 5) is 0. The Morgan fingerprint density at radius 1 is 1.07 bits per heavy atom. The number of hydrogen-bond donors (Lipinski definition) is 1. The molecule has 1 saturated heterocycles. The molecule has 0 amide bonds. The average molecular weight is 432 g/mol. The van der Waals surface area contributed by atoms with Gasteiger partial charge in [0.05, 0.1) is 5.60 Å². The molecule has 2 heterocycles. The molecule has 4 rings (SSSR count). The first-order valence-corrected chi connectivity index (χ1v) is 10.8. The van der Waals surface area contributed by atoms with Crippen LogP contribution in [0.25, 0.3) is 0 Å². The summed E-state index contributed by atoms with van der Waals surface area (Å²) in [7, 11) is 0. The van der Waals surface area contributed by atoms with Crippen LogP contribution < -0.4 is 14.8 Å². The van der Waals surface area contributed by atoms with Crippen LogP contribution in [0.3, 0.4) is 0 Å². The fourth-order valence-electron chi connectivity index (χ4n) is 4.65. The summed E-state index contributed by atoms with van der Waals surface area (Å²) in [5.74, 6) is 2.92. The summed E-state index contributed by atoms with van der Waals surface area (Å²) < 4.78 is 16.9. The van der Waals surface area contributed by atoms with Gasteiger partial charge in [0.1, 0.15) is 0 Å². The molecule has 4 nitrogen and oxygen atoms in total. The lowest BCUT2D eigenvalue weighted by molar-refractivity contribution is -0.0771. The van der Waals surface area contributed by atoms with Gasteiger partial charge >= 0.3 is 0 Å². The number of rotatable bonds is 7. The first kappa shape index (κ1) is 22.9. The Morgan fingerprint density at radius 3 is 2.60 bits per heavy atom. The molecule has 1 N–H and O–H groups in total. The second-order valence-electron chi connectivity index (χ2n) is 9.03. The van der Waals surface area contributed by atoms with Gasteiger partial charge in [-0.2, -0.15) is 0 Å². The fourth-order valence-corrected chi connectivity index (χ4v) is 4.65. The van der Waals surface area contributed by atoms with Crippen LogP contribution in [-0.4, -0.2) is 25.5 Å². The van der Waals surface area contributed by atoms with Crippen molar-refractivity contribution in [3.05, 3.63) is 59.2 Å². The maximum atomic E-state index is 5.98. The summed E-state index contributed by atoms with van der Waals surface area (Å²) in [6.45, 7) is 9.63. The van der Waals surface area contributed by atoms with Gasteiger partial charge in [-0.05, 0) is 81.7 Å². The molecule has 5 heteroatoms. The van der Waals surface area contributed by atoms with Crippen molar-refractivity contribution < 1.29 is 14.2 Å². The molecule has 0 radical (unpaired) electrons. The second-order valence-corrected chi connectivity index (χ2v) is 9.03. The number of halogens is 1. The molecule has 2 aromatic carbocycles. The van der Waals surface area contributed by atoms with Crippen molar-refractivity contribution in [3.63, 3.8) is 0 Å². The summed E-state index contributed by atoms with van der Waals surface area (Å²) in [6, 6.07) is 15.3. The molecule has 2 aliphatic heterocycles. The predicted molar refractivity (Wildman–Crippen MR) is 123 cm³/mol. The van der Waals surface area contributed by atoms with Gasteiger partial charge in [-0.1, -0.05) is 35.9 Å². The van der Waals surface area contributed by atoms with Gasteiger partial charge in [-0.15, -0.1) is 12.4 Å². The summed E-state index contributed by atoms with van der Waals surface area (Å²) in [5, 5.41) is 3.64. The normalized spacial score (nSPS) is 20.4. The highest BCUT2D eigenvalue weighted by Gasteiger charge is 2.33. The molecule has 30 heavy (non-hydrogen) atoms. The molecule has 1 fully saturated rings. The van der Waals surface area contributed by atoms with Crippen molar-refractivity contribution in [3.8, 4) is 11.5 Å². The van der Waals surface area contributed by atoms with Crippen LogP contribution >= 0.6 is 12.4 Å². The van der Waals surface area contributed by atoms with Crippen molar-refractivity contribution in [2.45, 2.75) is 58.1 Å². The van der Waals surface area contributed by atoms with E-state index in [2.05, 4.69) is 62.5 Å². The number of benzene rings is 2. The van der Waals surface area contributed by atoms with E-state index in [1.807, 2.05) is 6.07 Å². The highest BCUT2D eigenvalue weighted by atomic mass is 35.5. The Kier molecular flexibility index (Phi) is 7.67. The van der Waals surface area contributed by atoms with Crippen LogP contribution in [0.5, 0.6) is 11.5 Å². The summed E-state index contributed by atoms with van der Waals surface area (Å²) >= 11 is 0. The van der Waals surface area contributed by atoms with Gasteiger partial charge in [0, 0.05) is 13.2 Å². The molecule has 164 valence electrons. The monoisotopic (exact) mass is 431 g/mol. The van der Waals surface area contributed by atoms with E-state index in [9.17, 15) is 0 Å². The summed E-state index contributed by atoms with van der Waals surface area (Å²) in [6.07, 6.45) is 3.40. The zero-order valence-electron chi connectivity index (χ0n) is 18.3. The first-order valence-electron chi connectivity index (χ1n) is 10.8. The zero-order chi connectivity index (χ0) is 20.3. The molecule has 2 unspecified atom stereocenters. The number of aryl methyl sites for hydroxylation is 1. The molecule has 2 aromatic rings. The van der Waals surface area contributed by atoms with Gasteiger partial charge < -0.3 is 19.5 Å². The molecule has 2 atom stereocenters. The fraction of sp³-hybridized carbons (Fsp3) is 0.520. The molecule has 0 saturated carbocycles. The van der Waals surface area contributed by atoms with Gasteiger partial charge in [0.15, 0.2) is 11.5 Å². The maximum Gasteiger partial charge on any atom is 0.231 e. The zero-order valence-corrected chi connectivity index (χ0v) is 19.1. The van der Waals surface area contributed by atoms with E-state index in [0.29, 0.717) is 18.6 Å². The average Bonchev–Trinajstić information content (AvgIpc) is 3.16. The van der Waals surface area contributed by atoms with E-state index in [1.165, 1.54) is 16.7 Å². The Balaban J connectivity index is 0.00000256. The van der Waals surface area contributed by atoms with Gasteiger partial charge in [-0.25, -0.2) is 0 Å². The molecular formula is C25H34ClNO3. The minimum atomic E-state index is -0.0220. The molecular weight excluding hydrogens is 398 g/mol. The van der Waals surface area contributed by atoms with Crippen molar-refractivity contribution >= 4 is 12.4 Å². The lowest BCUT2D eigenvalue weighted by atomic mass is 9.75. The van der Waals surface area contributed by atoms with E-state index < -0.39 is 0 Å². The molecule has 2 aliphatic rings. The lowest BCUT2D eigenvalue weighted by Crippen LogP contribution is -2.36. The van der Waals surface area contributed by atoms with Crippen molar-refractivity contribution in [1.29, 1.82) is 0 Å². The van der Waals surface area contributed by atoms with Crippen LogP contribution in [0.2, 0.25) is 0 Å².